The number of para-hydroxylation sites is 2. The van der Waals surface area contributed by atoms with Crippen LogP contribution in [-0.2, 0) is 9.53 Å². The molecule has 0 spiro atoms. The van der Waals surface area contributed by atoms with Crippen molar-refractivity contribution >= 4 is 28.8 Å². The number of allylic oxidation sites excluding steroid dienone is 3. The standard InChI is InChI=1S/C29H32ClN5O4/c1-19-25(28-33-31-18-39-28)27(21-8-4-5-9-22(21)30)26(20(2)32-19)29(36)38-17-16-34-12-14-35(15-13-34)23-10-6-7-11-24(23)37-3/h4-11,18,27,32H,12-17H2,1-3H3. The van der Waals surface area contributed by atoms with Gasteiger partial charge in [-0.2, -0.15) is 0 Å². The number of carbonyl (C=O) groups is 1. The molecule has 10 heteroatoms. The lowest BCUT2D eigenvalue weighted by Crippen LogP contribution is -2.47. The van der Waals surface area contributed by atoms with Crippen molar-refractivity contribution in [1.82, 2.24) is 20.4 Å². The van der Waals surface area contributed by atoms with Gasteiger partial charge in [-0.05, 0) is 37.6 Å². The fourth-order valence-corrected chi connectivity index (χ4v) is 5.55. The van der Waals surface area contributed by atoms with E-state index in [-0.39, 0.29) is 6.61 Å². The van der Waals surface area contributed by atoms with Gasteiger partial charge in [-0.15, -0.1) is 10.2 Å². The van der Waals surface area contributed by atoms with Gasteiger partial charge in [-0.1, -0.05) is 41.9 Å². The molecule has 3 heterocycles. The van der Waals surface area contributed by atoms with Crippen LogP contribution in [0.15, 0.2) is 76.3 Å². The molecule has 1 aromatic heterocycles. The molecule has 0 bridgehead atoms. The minimum absolute atomic E-state index is 0.276. The summed E-state index contributed by atoms with van der Waals surface area (Å²) in [7, 11) is 1.70. The minimum atomic E-state index is -0.516. The van der Waals surface area contributed by atoms with E-state index in [9.17, 15) is 4.79 Å². The average Bonchev–Trinajstić information content (AvgIpc) is 3.48. The van der Waals surface area contributed by atoms with Crippen LogP contribution in [0.5, 0.6) is 5.75 Å². The zero-order valence-electron chi connectivity index (χ0n) is 22.3. The first-order chi connectivity index (χ1) is 19.0. The van der Waals surface area contributed by atoms with Crippen molar-refractivity contribution in [2.24, 2.45) is 0 Å². The van der Waals surface area contributed by atoms with Crippen LogP contribution in [0.2, 0.25) is 5.02 Å². The van der Waals surface area contributed by atoms with Gasteiger partial charge in [0.15, 0.2) is 0 Å². The summed E-state index contributed by atoms with van der Waals surface area (Å²) < 4.78 is 16.9. The van der Waals surface area contributed by atoms with Crippen molar-refractivity contribution in [2.45, 2.75) is 19.8 Å². The Balaban J connectivity index is 1.27. The predicted molar refractivity (Wildman–Crippen MR) is 150 cm³/mol. The number of methoxy groups -OCH3 is 1. The molecule has 1 fully saturated rings. The van der Waals surface area contributed by atoms with E-state index in [0.29, 0.717) is 34.3 Å². The number of hydrogen-bond acceptors (Lipinski definition) is 9. The number of hydrogen-bond donors (Lipinski definition) is 1. The van der Waals surface area contributed by atoms with E-state index in [1.54, 1.807) is 7.11 Å². The SMILES string of the molecule is COc1ccccc1N1CCN(CCOC(=O)C2=C(C)NC(C)=C(c3nnco3)C2c2ccccc2Cl)CC1. The second kappa shape index (κ2) is 11.9. The third-order valence-corrected chi connectivity index (χ3v) is 7.57. The summed E-state index contributed by atoms with van der Waals surface area (Å²) in [5.74, 6) is 0.289. The first kappa shape index (κ1) is 26.8. The molecule has 2 aliphatic heterocycles. The zero-order valence-corrected chi connectivity index (χ0v) is 23.1. The maximum atomic E-state index is 13.6. The molecule has 0 amide bonds. The molecule has 0 saturated carbocycles. The number of nitrogens with zero attached hydrogens (tertiary/aromatic N) is 4. The van der Waals surface area contributed by atoms with Gasteiger partial charge >= 0.3 is 5.97 Å². The van der Waals surface area contributed by atoms with Gasteiger partial charge in [0.05, 0.1) is 24.3 Å². The molecule has 9 nitrogen and oxygen atoms in total. The summed E-state index contributed by atoms with van der Waals surface area (Å²) in [6, 6.07) is 15.5. The molecular formula is C29H32ClN5O4. The van der Waals surface area contributed by atoms with E-state index in [1.165, 1.54) is 6.39 Å². The fraction of sp³-hybridized carbons (Fsp3) is 0.345. The Morgan fingerprint density at radius 1 is 1.08 bits per heavy atom. The quantitative estimate of drug-likeness (QED) is 0.408. The Morgan fingerprint density at radius 2 is 1.82 bits per heavy atom. The third-order valence-electron chi connectivity index (χ3n) is 7.23. The number of dihydropyridines is 1. The van der Waals surface area contributed by atoms with Crippen LogP contribution in [0.1, 0.15) is 31.2 Å². The summed E-state index contributed by atoms with van der Waals surface area (Å²) in [5, 5.41) is 11.8. The second-order valence-electron chi connectivity index (χ2n) is 9.54. The van der Waals surface area contributed by atoms with E-state index in [0.717, 1.165) is 48.9 Å². The number of rotatable bonds is 8. The summed E-state index contributed by atoms with van der Waals surface area (Å²) in [5.41, 5.74) is 4.56. The van der Waals surface area contributed by atoms with Gasteiger partial charge < -0.3 is 24.1 Å². The van der Waals surface area contributed by atoms with Gasteiger partial charge in [-0.25, -0.2) is 4.79 Å². The van der Waals surface area contributed by atoms with Crippen LogP contribution >= 0.6 is 11.6 Å². The lowest BCUT2D eigenvalue weighted by Gasteiger charge is -2.36. The van der Waals surface area contributed by atoms with Crippen LogP contribution in [0.3, 0.4) is 0 Å². The van der Waals surface area contributed by atoms with E-state index >= 15 is 0 Å². The Hall–Kier alpha value is -3.82. The van der Waals surface area contributed by atoms with E-state index in [2.05, 4.69) is 31.4 Å². The number of anilines is 1. The first-order valence-electron chi connectivity index (χ1n) is 12.9. The van der Waals surface area contributed by atoms with Crippen LogP contribution in [0.25, 0.3) is 5.57 Å². The predicted octanol–water partition coefficient (Wildman–Crippen LogP) is 4.49. The molecule has 2 aliphatic rings. The molecule has 0 radical (unpaired) electrons. The minimum Gasteiger partial charge on any atom is -0.495 e. The van der Waals surface area contributed by atoms with Gasteiger partial charge in [-0.3, -0.25) is 4.90 Å². The Kier molecular flexibility index (Phi) is 8.18. The van der Waals surface area contributed by atoms with Crippen molar-refractivity contribution in [2.75, 3.05) is 51.3 Å². The van der Waals surface area contributed by atoms with Crippen molar-refractivity contribution in [3.8, 4) is 5.75 Å². The molecule has 1 N–H and O–H groups in total. The Bertz CT molecular complexity index is 1380. The van der Waals surface area contributed by atoms with E-state index in [1.807, 2.05) is 56.3 Å². The normalized spacial score (nSPS) is 18.3. The second-order valence-corrected chi connectivity index (χ2v) is 9.94. The van der Waals surface area contributed by atoms with Gasteiger partial charge in [0.2, 0.25) is 12.3 Å². The van der Waals surface area contributed by atoms with Crippen molar-refractivity contribution in [1.29, 1.82) is 0 Å². The smallest absolute Gasteiger partial charge is 0.336 e. The van der Waals surface area contributed by atoms with Crippen molar-refractivity contribution < 1.29 is 18.7 Å². The largest absolute Gasteiger partial charge is 0.495 e. The van der Waals surface area contributed by atoms with Crippen molar-refractivity contribution in [3.63, 3.8) is 0 Å². The number of carbonyl (C=O) groups excluding carboxylic acids is 1. The Labute approximate surface area is 233 Å². The molecule has 2 aromatic carbocycles. The molecule has 1 atom stereocenters. The number of aromatic nitrogens is 2. The molecule has 3 aromatic rings. The summed E-state index contributed by atoms with van der Waals surface area (Å²) in [4.78, 5) is 18.2. The fourth-order valence-electron chi connectivity index (χ4n) is 5.31. The van der Waals surface area contributed by atoms with Crippen LogP contribution < -0.4 is 15.0 Å². The molecule has 1 unspecified atom stereocenters. The molecule has 1 saturated heterocycles. The first-order valence-corrected chi connectivity index (χ1v) is 13.3. The van der Waals surface area contributed by atoms with Gasteiger partial charge in [0.25, 0.3) is 0 Å². The van der Waals surface area contributed by atoms with Crippen LogP contribution in [0.4, 0.5) is 5.69 Å². The highest BCUT2D eigenvalue weighted by atomic mass is 35.5. The monoisotopic (exact) mass is 549 g/mol. The van der Waals surface area contributed by atoms with Crippen LogP contribution in [-0.4, -0.2) is 67.5 Å². The molecule has 204 valence electrons. The summed E-state index contributed by atoms with van der Waals surface area (Å²) in [6.45, 7) is 8.18. The van der Waals surface area contributed by atoms with Crippen LogP contribution in [0, 0.1) is 0 Å². The van der Waals surface area contributed by atoms with Gasteiger partial charge in [0.1, 0.15) is 12.4 Å². The number of esters is 1. The molecule has 0 aliphatic carbocycles. The highest BCUT2D eigenvalue weighted by molar-refractivity contribution is 6.31. The number of halogens is 1. The van der Waals surface area contributed by atoms with E-state index in [4.69, 9.17) is 25.5 Å². The number of piperazine rings is 1. The third kappa shape index (κ3) is 5.65. The molecule has 39 heavy (non-hydrogen) atoms. The highest BCUT2D eigenvalue weighted by Gasteiger charge is 2.37. The highest BCUT2D eigenvalue weighted by Crippen LogP contribution is 2.45. The van der Waals surface area contributed by atoms with Crippen molar-refractivity contribution in [3.05, 3.63) is 88.4 Å². The number of nitrogens with one attached hydrogen (secondary N) is 1. The number of ether oxygens (including phenoxy) is 2. The Morgan fingerprint density at radius 3 is 2.54 bits per heavy atom. The lowest BCUT2D eigenvalue weighted by molar-refractivity contribution is -0.139. The summed E-state index contributed by atoms with van der Waals surface area (Å²) >= 11 is 6.63. The maximum absolute atomic E-state index is 13.6. The topological polar surface area (TPSA) is 93.0 Å². The lowest BCUT2D eigenvalue weighted by atomic mass is 9.80. The average molecular weight is 550 g/mol. The summed E-state index contributed by atoms with van der Waals surface area (Å²) in [6.07, 6.45) is 1.27. The van der Waals surface area contributed by atoms with Gasteiger partial charge in [0, 0.05) is 54.7 Å². The zero-order chi connectivity index (χ0) is 27.4. The molecular weight excluding hydrogens is 518 g/mol. The van der Waals surface area contributed by atoms with E-state index < -0.39 is 11.9 Å². The number of benzene rings is 2. The maximum Gasteiger partial charge on any atom is 0.336 e. The molecule has 5 rings (SSSR count).